The lowest BCUT2D eigenvalue weighted by atomic mass is 10.2. The first-order valence-electron chi connectivity index (χ1n) is 8.55. The summed E-state index contributed by atoms with van der Waals surface area (Å²) in [6.07, 6.45) is 12.9. The van der Waals surface area contributed by atoms with Crippen molar-refractivity contribution in [1.82, 2.24) is 24.9 Å². The fourth-order valence-electron chi connectivity index (χ4n) is 2.86. The van der Waals surface area contributed by atoms with Gasteiger partial charge in [0.25, 0.3) is 0 Å². The summed E-state index contributed by atoms with van der Waals surface area (Å²) in [7, 11) is 0. The average Bonchev–Trinajstić information content (AvgIpc) is 3.34. The van der Waals surface area contributed by atoms with Crippen LogP contribution in [0.5, 0.6) is 0 Å². The van der Waals surface area contributed by atoms with Gasteiger partial charge in [0.05, 0.1) is 5.69 Å². The first-order chi connectivity index (χ1) is 13.3. The van der Waals surface area contributed by atoms with Crippen molar-refractivity contribution in [3.8, 4) is 11.4 Å². The SMILES string of the molecule is C1=C=CC(c2nc(-c3ccnc(NC4(c5ncccn5)CC4)n3)cs2)=CC=1. The molecule has 2 aliphatic carbocycles. The van der Waals surface area contributed by atoms with Crippen molar-refractivity contribution in [3.63, 3.8) is 0 Å². The van der Waals surface area contributed by atoms with Gasteiger partial charge in [-0.2, -0.15) is 0 Å². The van der Waals surface area contributed by atoms with Gasteiger partial charge in [-0.1, -0.05) is 11.5 Å². The monoisotopic (exact) mass is 370 g/mol. The molecule has 2 aliphatic rings. The Kier molecular flexibility index (Phi) is 3.77. The molecule has 1 fully saturated rings. The Morgan fingerprint density at radius 2 is 1.89 bits per heavy atom. The predicted octanol–water partition coefficient (Wildman–Crippen LogP) is 3.75. The largest absolute Gasteiger partial charge is 0.341 e. The number of rotatable bonds is 5. The van der Waals surface area contributed by atoms with E-state index in [0.717, 1.165) is 40.6 Å². The minimum Gasteiger partial charge on any atom is -0.341 e. The van der Waals surface area contributed by atoms with Crippen molar-refractivity contribution >= 4 is 22.9 Å². The highest BCUT2D eigenvalue weighted by Gasteiger charge is 2.47. The van der Waals surface area contributed by atoms with Crippen LogP contribution in [0.4, 0.5) is 5.95 Å². The van der Waals surface area contributed by atoms with Crippen molar-refractivity contribution in [2.24, 2.45) is 0 Å². The maximum atomic E-state index is 4.70. The molecule has 0 bridgehead atoms. The normalized spacial score (nSPS) is 16.2. The summed E-state index contributed by atoms with van der Waals surface area (Å²) >= 11 is 1.58. The Hall–Kier alpha value is -3.37. The zero-order chi connectivity index (χ0) is 18.1. The molecule has 0 radical (unpaired) electrons. The third-order valence-corrected chi connectivity index (χ3v) is 5.31. The first-order valence-corrected chi connectivity index (χ1v) is 9.43. The number of allylic oxidation sites excluding steroid dienone is 4. The number of thiazole rings is 1. The summed E-state index contributed by atoms with van der Waals surface area (Å²) < 4.78 is 0. The van der Waals surface area contributed by atoms with E-state index in [-0.39, 0.29) is 5.54 Å². The zero-order valence-corrected chi connectivity index (χ0v) is 15.1. The highest BCUT2D eigenvalue weighted by Crippen LogP contribution is 2.46. The minimum atomic E-state index is -0.260. The Bertz CT molecular complexity index is 1130. The molecule has 0 aromatic carbocycles. The van der Waals surface area contributed by atoms with Gasteiger partial charge >= 0.3 is 0 Å². The van der Waals surface area contributed by atoms with Gasteiger partial charge in [-0.25, -0.2) is 24.9 Å². The lowest BCUT2D eigenvalue weighted by Crippen LogP contribution is -2.23. The Labute approximate surface area is 159 Å². The molecule has 0 atom stereocenters. The van der Waals surface area contributed by atoms with Gasteiger partial charge < -0.3 is 5.32 Å². The second-order valence-electron chi connectivity index (χ2n) is 6.30. The molecule has 5 rings (SSSR count). The molecule has 3 aromatic heterocycles. The van der Waals surface area contributed by atoms with Gasteiger partial charge in [0.2, 0.25) is 5.95 Å². The second-order valence-corrected chi connectivity index (χ2v) is 7.16. The molecule has 0 aliphatic heterocycles. The molecule has 130 valence electrons. The molecule has 1 N–H and O–H groups in total. The Morgan fingerprint density at radius 3 is 2.67 bits per heavy atom. The predicted molar refractivity (Wildman–Crippen MR) is 104 cm³/mol. The fourth-order valence-corrected chi connectivity index (χ4v) is 3.67. The van der Waals surface area contributed by atoms with E-state index in [2.05, 4.69) is 36.7 Å². The van der Waals surface area contributed by atoms with Crippen molar-refractivity contribution in [2.45, 2.75) is 18.4 Å². The van der Waals surface area contributed by atoms with E-state index in [9.17, 15) is 0 Å². The van der Waals surface area contributed by atoms with Crippen molar-refractivity contribution in [3.05, 3.63) is 76.6 Å². The second kappa shape index (κ2) is 6.41. The summed E-state index contributed by atoms with van der Waals surface area (Å²) in [5, 5.41) is 6.35. The average molecular weight is 370 g/mol. The third kappa shape index (κ3) is 3.11. The number of nitrogens with one attached hydrogen (secondary N) is 1. The molecule has 0 unspecified atom stereocenters. The van der Waals surface area contributed by atoms with Gasteiger partial charge in [0.15, 0.2) is 5.82 Å². The number of anilines is 1. The van der Waals surface area contributed by atoms with Crippen molar-refractivity contribution in [1.29, 1.82) is 0 Å². The van der Waals surface area contributed by atoms with Crippen LogP contribution >= 0.6 is 11.3 Å². The van der Waals surface area contributed by atoms with Crippen molar-refractivity contribution < 1.29 is 0 Å². The highest BCUT2D eigenvalue weighted by atomic mass is 32.1. The molecule has 27 heavy (non-hydrogen) atoms. The Balaban J connectivity index is 1.40. The number of nitrogens with zero attached hydrogens (tertiary/aromatic N) is 5. The fraction of sp³-hybridized carbons (Fsp3) is 0.150. The van der Waals surface area contributed by atoms with Gasteiger partial charge in [-0.3, -0.25) is 0 Å². The third-order valence-electron chi connectivity index (χ3n) is 4.42. The molecule has 3 aromatic rings. The lowest BCUT2D eigenvalue weighted by Gasteiger charge is -2.15. The molecule has 0 spiro atoms. The molecule has 1 saturated carbocycles. The Morgan fingerprint density at radius 1 is 1.00 bits per heavy atom. The summed E-state index contributed by atoms with van der Waals surface area (Å²) in [4.78, 5) is 22.5. The van der Waals surface area contributed by atoms with Gasteiger partial charge in [0.1, 0.15) is 16.2 Å². The van der Waals surface area contributed by atoms with Crippen LogP contribution in [0.1, 0.15) is 23.7 Å². The van der Waals surface area contributed by atoms with Crippen LogP contribution in [-0.2, 0) is 5.54 Å². The van der Waals surface area contributed by atoms with Gasteiger partial charge in [0, 0.05) is 29.5 Å². The summed E-state index contributed by atoms with van der Waals surface area (Å²) in [5.41, 5.74) is 8.24. The molecule has 7 heteroatoms. The summed E-state index contributed by atoms with van der Waals surface area (Å²) in [6.45, 7) is 0. The van der Waals surface area contributed by atoms with Crippen LogP contribution in [0.3, 0.4) is 0 Å². The van der Waals surface area contributed by atoms with Gasteiger partial charge in [-0.15, -0.1) is 11.3 Å². The molecular weight excluding hydrogens is 356 g/mol. The first kappa shape index (κ1) is 15.9. The van der Waals surface area contributed by atoms with E-state index in [4.69, 9.17) is 4.98 Å². The van der Waals surface area contributed by atoms with E-state index in [0.29, 0.717) is 5.95 Å². The summed E-state index contributed by atoms with van der Waals surface area (Å²) in [5.74, 6) is 1.35. The van der Waals surface area contributed by atoms with E-state index in [1.54, 1.807) is 29.9 Å². The van der Waals surface area contributed by atoms with E-state index >= 15 is 0 Å². The molecular formula is C20H14N6S. The minimum absolute atomic E-state index is 0.260. The standard InChI is InChI=1S/C20H14N6S/c1-2-5-14(6-3-1)17-24-16(13-27-17)15-7-12-23-19(25-15)26-20(8-9-20)18-21-10-4-11-22-18/h2,4-7,10-13H,8-9H2,(H,23,25,26). The smallest absolute Gasteiger partial charge is 0.224 e. The molecule has 0 saturated heterocycles. The topological polar surface area (TPSA) is 76.5 Å². The van der Waals surface area contributed by atoms with Crippen LogP contribution in [0.25, 0.3) is 17.0 Å². The summed E-state index contributed by atoms with van der Waals surface area (Å²) in [6, 6.07) is 3.69. The number of aromatic nitrogens is 5. The molecule has 3 heterocycles. The number of hydrogen-bond acceptors (Lipinski definition) is 7. The van der Waals surface area contributed by atoms with Crippen LogP contribution in [0.15, 0.2) is 65.8 Å². The van der Waals surface area contributed by atoms with E-state index in [1.807, 2.05) is 35.7 Å². The van der Waals surface area contributed by atoms with E-state index < -0.39 is 0 Å². The van der Waals surface area contributed by atoms with Crippen LogP contribution in [0.2, 0.25) is 0 Å². The van der Waals surface area contributed by atoms with Crippen LogP contribution in [0, 0.1) is 0 Å². The number of hydrogen-bond donors (Lipinski definition) is 1. The highest BCUT2D eigenvalue weighted by molar-refractivity contribution is 7.11. The maximum Gasteiger partial charge on any atom is 0.224 e. The zero-order valence-electron chi connectivity index (χ0n) is 14.3. The molecule has 6 nitrogen and oxygen atoms in total. The van der Waals surface area contributed by atoms with E-state index in [1.165, 1.54) is 0 Å². The lowest BCUT2D eigenvalue weighted by molar-refractivity contribution is 0.714. The molecule has 0 amide bonds. The van der Waals surface area contributed by atoms with Crippen LogP contribution < -0.4 is 5.32 Å². The maximum absolute atomic E-state index is 4.70. The van der Waals surface area contributed by atoms with Crippen molar-refractivity contribution in [2.75, 3.05) is 5.32 Å². The van der Waals surface area contributed by atoms with Crippen LogP contribution in [-0.4, -0.2) is 24.9 Å². The van der Waals surface area contributed by atoms with Gasteiger partial charge in [-0.05, 0) is 43.2 Å². The quantitative estimate of drug-likeness (QED) is 0.689.